The molecule has 0 aromatic carbocycles. The third-order valence-electron chi connectivity index (χ3n) is 1.24. The zero-order valence-electron chi connectivity index (χ0n) is 5.57. The van der Waals surface area contributed by atoms with E-state index in [0.29, 0.717) is 6.20 Å². The van der Waals surface area contributed by atoms with E-state index in [9.17, 15) is 18.0 Å². The standard InChI is InChI=1S/C6H3ClF3NO/c7-3-4(8)2(5(9)10)1-11-6(3)12/h1,5H,(H,11,12). The Balaban J connectivity index is 3.36. The van der Waals surface area contributed by atoms with Crippen molar-refractivity contribution >= 4 is 11.6 Å². The average molecular weight is 198 g/mol. The number of alkyl halides is 2. The molecule has 0 atom stereocenters. The Morgan fingerprint density at radius 2 is 2.08 bits per heavy atom. The average Bonchev–Trinajstić information content (AvgIpc) is 2.00. The van der Waals surface area contributed by atoms with Gasteiger partial charge in [0.25, 0.3) is 12.0 Å². The molecule has 0 radical (unpaired) electrons. The van der Waals surface area contributed by atoms with Crippen molar-refractivity contribution < 1.29 is 13.2 Å². The summed E-state index contributed by atoms with van der Waals surface area (Å²) in [4.78, 5) is 12.4. The lowest BCUT2D eigenvalue weighted by Gasteiger charge is -2.00. The van der Waals surface area contributed by atoms with Crippen LogP contribution in [-0.4, -0.2) is 4.98 Å². The summed E-state index contributed by atoms with van der Waals surface area (Å²) in [5.74, 6) is -1.37. The Hall–Kier alpha value is -0.970. The third-order valence-corrected chi connectivity index (χ3v) is 1.58. The molecule has 1 aromatic heterocycles. The summed E-state index contributed by atoms with van der Waals surface area (Å²) in [6.45, 7) is 0. The molecule has 0 saturated heterocycles. The summed E-state index contributed by atoms with van der Waals surface area (Å²) in [6.07, 6.45) is -2.38. The van der Waals surface area contributed by atoms with E-state index in [-0.39, 0.29) is 0 Å². The van der Waals surface area contributed by atoms with Gasteiger partial charge in [-0.2, -0.15) is 0 Å². The molecule has 0 aliphatic heterocycles. The maximum Gasteiger partial charge on any atom is 0.269 e. The first-order valence-corrected chi connectivity index (χ1v) is 3.26. The Labute approximate surface area is 70.0 Å². The fraction of sp³-hybridized carbons (Fsp3) is 0.167. The molecular formula is C6H3ClF3NO. The third kappa shape index (κ3) is 1.45. The topological polar surface area (TPSA) is 32.9 Å². The van der Waals surface area contributed by atoms with Gasteiger partial charge < -0.3 is 4.98 Å². The van der Waals surface area contributed by atoms with Crippen molar-refractivity contribution in [1.82, 2.24) is 4.98 Å². The van der Waals surface area contributed by atoms with E-state index < -0.39 is 28.4 Å². The van der Waals surface area contributed by atoms with Crippen molar-refractivity contribution in [3.05, 3.63) is 33.0 Å². The second-order valence-electron chi connectivity index (χ2n) is 2.00. The molecule has 1 aromatic rings. The van der Waals surface area contributed by atoms with Crippen molar-refractivity contribution in [1.29, 1.82) is 0 Å². The lowest BCUT2D eigenvalue weighted by Crippen LogP contribution is -2.10. The predicted molar refractivity (Wildman–Crippen MR) is 37.0 cm³/mol. The molecule has 1 heterocycles. The van der Waals surface area contributed by atoms with Crippen LogP contribution in [0.2, 0.25) is 5.02 Å². The van der Waals surface area contributed by atoms with Gasteiger partial charge in [-0.1, -0.05) is 11.6 Å². The van der Waals surface area contributed by atoms with Gasteiger partial charge >= 0.3 is 0 Å². The normalized spacial score (nSPS) is 10.8. The van der Waals surface area contributed by atoms with E-state index in [1.54, 1.807) is 0 Å². The lowest BCUT2D eigenvalue weighted by atomic mass is 10.3. The van der Waals surface area contributed by atoms with Crippen LogP contribution in [-0.2, 0) is 0 Å². The Kier molecular flexibility index (Phi) is 2.42. The van der Waals surface area contributed by atoms with Crippen LogP contribution in [0, 0.1) is 5.82 Å². The molecule has 0 bridgehead atoms. The van der Waals surface area contributed by atoms with E-state index in [0.717, 1.165) is 0 Å². The SMILES string of the molecule is O=c1[nH]cc(C(F)F)c(F)c1Cl. The van der Waals surface area contributed by atoms with Crippen LogP contribution in [0.1, 0.15) is 12.0 Å². The minimum Gasteiger partial charge on any atom is -0.327 e. The maximum atomic E-state index is 12.7. The highest BCUT2D eigenvalue weighted by molar-refractivity contribution is 6.30. The summed E-state index contributed by atoms with van der Waals surface area (Å²) >= 11 is 5.07. The van der Waals surface area contributed by atoms with Crippen molar-refractivity contribution in [3.63, 3.8) is 0 Å². The zero-order chi connectivity index (χ0) is 9.30. The molecule has 2 nitrogen and oxygen atoms in total. The molecule has 0 aliphatic rings. The number of rotatable bonds is 1. The molecule has 0 amide bonds. The second-order valence-corrected chi connectivity index (χ2v) is 2.38. The van der Waals surface area contributed by atoms with Gasteiger partial charge in [0, 0.05) is 6.20 Å². The van der Waals surface area contributed by atoms with Crippen LogP contribution < -0.4 is 5.56 Å². The first-order chi connectivity index (χ1) is 5.54. The summed E-state index contributed by atoms with van der Waals surface area (Å²) in [7, 11) is 0. The quantitative estimate of drug-likeness (QED) is 0.735. The van der Waals surface area contributed by atoms with Gasteiger partial charge in [0.2, 0.25) is 0 Å². The van der Waals surface area contributed by atoms with E-state index >= 15 is 0 Å². The Morgan fingerprint density at radius 3 is 2.58 bits per heavy atom. The van der Waals surface area contributed by atoms with Crippen LogP contribution in [0.3, 0.4) is 0 Å². The lowest BCUT2D eigenvalue weighted by molar-refractivity contribution is 0.146. The fourth-order valence-electron chi connectivity index (χ4n) is 0.655. The first kappa shape index (κ1) is 9.12. The molecule has 12 heavy (non-hydrogen) atoms. The van der Waals surface area contributed by atoms with Crippen molar-refractivity contribution in [3.8, 4) is 0 Å². The van der Waals surface area contributed by atoms with Gasteiger partial charge in [-0.05, 0) is 0 Å². The summed E-state index contributed by atoms with van der Waals surface area (Å²) in [5.41, 5.74) is -1.82. The molecular weight excluding hydrogens is 195 g/mol. The number of nitrogens with one attached hydrogen (secondary N) is 1. The van der Waals surface area contributed by atoms with Crippen LogP contribution in [0.4, 0.5) is 13.2 Å². The number of halogens is 4. The highest BCUT2D eigenvalue weighted by Gasteiger charge is 2.17. The van der Waals surface area contributed by atoms with E-state index in [1.165, 1.54) is 0 Å². The van der Waals surface area contributed by atoms with Crippen LogP contribution in [0.5, 0.6) is 0 Å². The van der Waals surface area contributed by atoms with Crippen molar-refractivity contribution in [2.24, 2.45) is 0 Å². The molecule has 0 unspecified atom stereocenters. The van der Waals surface area contributed by atoms with E-state index in [1.807, 2.05) is 4.98 Å². The highest BCUT2D eigenvalue weighted by atomic mass is 35.5. The number of pyridine rings is 1. The van der Waals surface area contributed by atoms with Gasteiger partial charge in [-0.3, -0.25) is 4.79 Å². The fourth-order valence-corrected chi connectivity index (χ4v) is 0.819. The predicted octanol–water partition coefficient (Wildman–Crippen LogP) is 2.10. The smallest absolute Gasteiger partial charge is 0.269 e. The van der Waals surface area contributed by atoms with Gasteiger partial charge in [-0.15, -0.1) is 0 Å². The monoisotopic (exact) mass is 197 g/mol. The number of H-pyrrole nitrogens is 1. The minimum atomic E-state index is -2.99. The molecule has 0 aliphatic carbocycles. The molecule has 0 fully saturated rings. The van der Waals surface area contributed by atoms with Crippen molar-refractivity contribution in [2.75, 3.05) is 0 Å². The summed E-state index contributed by atoms with van der Waals surface area (Å²) in [6, 6.07) is 0. The molecule has 1 N–H and O–H groups in total. The largest absolute Gasteiger partial charge is 0.327 e. The highest BCUT2D eigenvalue weighted by Crippen LogP contribution is 2.23. The second kappa shape index (κ2) is 3.18. The van der Waals surface area contributed by atoms with Crippen LogP contribution >= 0.6 is 11.6 Å². The van der Waals surface area contributed by atoms with Gasteiger partial charge in [-0.25, -0.2) is 13.2 Å². The number of aromatic amines is 1. The van der Waals surface area contributed by atoms with Crippen LogP contribution in [0.15, 0.2) is 11.0 Å². The Morgan fingerprint density at radius 1 is 1.50 bits per heavy atom. The first-order valence-electron chi connectivity index (χ1n) is 2.88. The van der Waals surface area contributed by atoms with E-state index in [4.69, 9.17) is 11.6 Å². The van der Waals surface area contributed by atoms with Gasteiger partial charge in [0.05, 0.1) is 5.56 Å². The molecule has 66 valence electrons. The molecule has 0 saturated carbocycles. The van der Waals surface area contributed by atoms with E-state index in [2.05, 4.69) is 0 Å². The van der Waals surface area contributed by atoms with Gasteiger partial charge in [0.15, 0.2) is 5.82 Å². The van der Waals surface area contributed by atoms with Crippen LogP contribution in [0.25, 0.3) is 0 Å². The summed E-state index contributed by atoms with van der Waals surface area (Å²) in [5, 5.41) is -0.840. The molecule has 0 spiro atoms. The number of hydrogen-bond acceptors (Lipinski definition) is 1. The summed E-state index contributed by atoms with van der Waals surface area (Å²) < 4.78 is 36.5. The molecule has 1 rings (SSSR count). The minimum absolute atomic E-state index is 0.605. The van der Waals surface area contributed by atoms with Crippen molar-refractivity contribution in [2.45, 2.75) is 6.43 Å². The molecule has 6 heteroatoms. The Bertz CT molecular complexity index is 349. The van der Waals surface area contributed by atoms with Gasteiger partial charge in [0.1, 0.15) is 5.02 Å². The zero-order valence-corrected chi connectivity index (χ0v) is 6.33. The number of aromatic nitrogens is 1. The maximum absolute atomic E-state index is 12.7. The number of hydrogen-bond donors (Lipinski definition) is 1.